The topological polar surface area (TPSA) is 58.2 Å². The minimum Gasteiger partial charge on any atom is -0.315 e. The minimum atomic E-state index is -3.37. The van der Waals surface area contributed by atoms with Crippen LogP contribution >= 0.6 is 11.3 Å². The first kappa shape index (κ1) is 16.6. The van der Waals surface area contributed by atoms with Gasteiger partial charge < -0.3 is 5.32 Å². The van der Waals surface area contributed by atoms with Crippen LogP contribution in [0.15, 0.2) is 16.3 Å². The molecule has 0 aliphatic heterocycles. The van der Waals surface area contributed by atoms with E-state index in [0.717, 1.165) is 17.7 Å². The summed E-state index contributed by atoms with van der Waals surface area (Å²) in [5, 5.41) is 3.02. The molecular formula is C13H24N2O2S2. The van der Waals surface area contributed by atoms with Crippen LogP contribution in [0.4, 0.5) is 0 Å². The van der Waals surface area contributed by atoms with E-state index >= 15 is 0 Å². The van der Waals surface area contributed by atoms with E-state index in [2.05, 4.69) is 23.9 Å². The van der Waals surface area contributed by atoms with E-state index in [1.807, 2.05) is 20.0 Å². The highest BCUT2D eigenvalue weighted by molar-refractivity contribution is 7.91. The van der Waals surface area contributed by atoms with Crippen molar-refractivity contribution in [2.24, 2.45) is 5.92 Å². The Morgan fingerprint density at radius 1 is 1.32 bits per heavy atom. The fraction of sp³-hybridized carbons (Fsp3) is 0.692. The number of nitrogens with one attached hydrogen (secondary N) is 2. The Labute approximate surface area is 120 Å². The summed E-state index contributed by atoms with van der Waals surface area (Å²) < 4.78 is 27.6. The number of sulfonamides is 1. The molecule has 0 bridgehead atoms. The van der Waals surface area contributed by atoms with Crippen molar-refractivity contribution in [2.45, 2.75) is 50.4 Å². The molecule has 0 saturated heterocycles. The highest BCUT2D eigenvalue weighted by Crippen LogP contribution is 2.22. The van der Waals surface area contributed by atoms with Gasteiger partial charge in [0.25, 0.3) is 0 Å². The van der Waals surface area contributed by atoms with Gasteiger partial charge in [0.15, 0.2) is 0 Å². The van der Waals surface area contributed by atoms with E-state index in [9.17, 15) is 8.42 Å². The molecule has 0 spiro atoms. The summed E-state index contributed by atoms with van der Waals surface area (Å²) in [5.74, 6) is 0.529. The highest BCUT2D eigenvalue weighted by atomic mass is 32.2. The molecule has 0 saturated carbocycles. The van der Waals surface area contributed by atoms with Crippen LogP contribution in [-0.2, 0) is 16.6 Å². The van der Waals surface area contributed by atoms with Gasteiger partial charge in [0.2, 0.25) is 10.0 Å². The summed E-state index contributed by atoms with van der Waals surface area (Å²) in [6.07, 6.45) is 1.93. The van der Waals surface area contributed by atoms with Crippen LogP contribution < -0.4 is 10.0 Å². The third kappa shape index (κ3) is 5.22. The Morgan fingerprint density at radius 3 is 2.58 bits per heavy atom. The van der Waals surface area contributed by atoms with Gasteiger partial charge in [0.05, 0.1) is 0 Å². The predicted molar refractivity (Wildman–Crippen MR) is 80.9 cm³/mol. The van der Waals surface area contributed by atoms with Gasteiger partial charge in [-0.2, -0.15) is 0 Å². The Balaban J connectivity index is 2.69. The molecule has 19 heavy (non-hydrogen) atoms. The van der Waals surface area contributed by atoms with Crippen molar-refractivity contribution in [3.63, 3.8) is 0 Å². The van der Waals surface area contributed by atoms with Gasteiger partial charge in [-0.15, -0.1) is 11.3 Å². The molecule has 0 aromatic carbocycles. The van der Waals surface area contributed by atoms with Crippen LogP contribution in [0.25, 0.3) is 0 Å². The van der Waals surface area contributed by atoms with Crippen molar-refractivity contribution < 1.29 is 8.42 Å². The Kier molecular flexibility index (Phi) is 6.46. The van der Waals surface area contributed by atoms with Crippen molar-refractivity contribution in [1.29, 1.82) is 0 Å². The minimum absolute atomic E-state index is 0.0326. The van der Waals surface area contributed by atoms with E-state index in [0.29, 0.717) is 16.7 Å². The van der Waals surface area contributed by atoms with Crippen molar-refractivity contribution >= 4 is 21.4 Å². The molecule has 1 heterocycles. The van der Waals surface area contributed by atoms with Crippen LogP contribution in [0.1, 0.15) is 38.5 Å². The largest absolute Gasteiger partial charge is 0.315 e. The van der Waals surface area contributed by atoms with Crippen LogP contribution in [0.5, 0.6) is 0 Å². The van der Waals surface area contributed by atoms with E-state index in [4.69, 9.17) is 0 Å². The normalized spacial score (nSPS) is 15.4. The molecule has 2 unspecified atom stereocenters. The van der Waals surface area contributed by atoms with Gasteiger partial charge in [-0.1, -0.05) is 20.3 Å². The van der Waals surface area contributed by atoms with Crippen molar-refractivity contribution in [2.75, 3.05) is 7.05 Å². The number of hydrogen-bond acceptors (Lipinski definition) is 4. The summed E-state index contributed by atoms with van der Waals surface area (Å²) >= 11 is 1.32. The first-order valence-corrected chi connectivity index (χ1v) is 8.94. The molecular weight excluding hydrogens is 280 g/mol. The van der Waals surface area contributed by atoms with Crippen molar-refractivity contribution in [3.8, 4) is 0 Å². The molecule has 1 rings (SSSR count). The van der Waals surface area contributed by atoms with Gasteiger partial charge in [-0.25, -0.2) is 13.1 Å². The van der Waals surface area contributed by atoms with Gasteiger partial charge in [0.1, 0.15) is 4.21 Å². The lowest BCUT2D eigenvalue weighted by molar-refractivity contribution is 0.446. The Bertz CT molecular complexity index is 483. The second kappa shape index (κ2) is 7.38. The zero-order valence-electron chi connectivity index (χ0n) is 12.1. The molecule has 2 atom stereocenters. The molecule has 1 aromatic rings. The van der Waals surface area contributed by atoms with Gasteiger partial charge in [-0.05, 0) is 38.4 Å². The first-order valence-electron chi connectivity index (χ1n) is 6.64. The van der Waals surface area contributed by atoms with Crippen LogP contribution in [0, 0.1) is 5.92 Å². The molecule has 0 amide bonds. The molecule has 4 nitrogen and oxygen atoms in total. The summed E-state index contributed by atoms with van der Waals surface area (Å²) in [5.41, 5.74) is 0. The smallest absolute Gasteiger partial charge is 0.250 e. The molecule has 1 aromatic heterocycles. The van der Waals surface area contributed by atoms with E-state index in [-0.39, 0.29) is 6.04 Å². The standard InChI is InChI=1S/C13H24N2O2S2/c1-5-10(2)8-11(3)15-19(16,17)13-7-6-12(18-13)9-14-4/h6-7,10-11,14-15H,5,8-9H2,1-4H3. The molecule has 0 aliphatic rings. The fourth-order valence-corrected chi connectivity index (χ4v) is 4.55. The van der Waals surface area contributed by atoms with Crippen molar-refractivity contribution in [1.82, 2.24) is 10.0 Å². The predicted octanol–water partition coefficient (Wildman–Crippen LogP) is 2.57. The number of rotatable bonds is 8. The van der Waals surface area contributed by atoms with Crippen molar-refractivity contribution in [3.05, 3.63) is 17.0 Å². The quantitative estimate of drug-likeness (QED) is 0.776. The Morgan fingerprint density at radius 2 is 2.00 bits per heavy atom. The lowest BCUT2D eigenvalue weighted by Crippen LogP contribution is -2.33. The lowest BCUT2D eigenvalue weighted by atomic mass is 10.0. The zero-order valence-corrected chi connectivity index (χ0v) is 13.7. The highest BCUT2D eigenvalue weighted by Gasteiger charge is 2.20. The third-order valence-electron chi connectivity index (χ3n) is 3.06. The SMILES string of the molecule is CCC(C)CC(C)NS(=O)(=O)c1ccc(CNC)s1. The Hall–Kier alpha value is -0.430. The average Bonchev–Trinajstić information content (AvgIpc) is 2.78. The number of hydrogen-bond donors (Lipinski definition) is 2. The maximum absolute atomic E-state index is 12.2. The summed E-state index contributed by atoms with van der Waals surface area (Å²) in [4.78, 5) is 1.03. The third-order valence-corrected chi connectivity index (χ3v) is 6.23. The molecule has 6 heteroatoms. The monoisotopic (exact) mass is 304 g/mol. The second-order valence-corrected chi connectivity index (χ2v) is 8.13. The summed E-state index contributed by atoms with van der Waals surface area (Å²) in [7, 11) is -1.52. The summed E-state index contributed by atoms with van der Waals surface area (Å²) in [6, 6.07) is 3.50. The van der Waals surface area contributed by atoms with Crippen LogP contribution in [-0.4, -0.2) is 21.5 Å². The maximum Gasteiger partial charge on any atom is 0.250 e. The molecule has 2 N–H and O–H groups in total. The second-order valence-electron chi connectivity index (χ2n) is 5.02. The van der Waals surface area contributed by atoms with Crippen LogP contribution in [0.3, 0.4) is 0 Å². The van der Waals surface area contributed by atoms with E-state index in [1.165, 1.54) is 11.3 Å². The molecule has 0 radical (unpaired) electrons. The maximum atomic E-state index is 12.2. The number of thiophene rings is 1. The van der Waals surface area contributed by atoms with Gasteiger partial charge in [-0.3, -0.25) is 0 Å². The molecule has 0 aliphatic carbocycles. The fourth-order valence-electron chi connectivity index (χ4n) is 1.91. The first-order chi connectivity index (χ1) is 8.89. The lowest BCUT2D eigenvalue weighted by Gasteiger charge is -2.16. The van der Waals surface area contributed by atoms with E-state index in [1.54, 1.807) is 6.07 Å². The average molecular weight is 304 g/mol. The van der Waals surface area contributed by atoms with Gasteiger partial charge in [0, 0.05) is 17.5 Å². The van der Waals surface area contributed by atoms with Gasteiger partial charge >= 0.3 is 0 Å². The van der Waals surface area contributed by atoms with E-state index < -0.39 is 10.0 Å². The summed E-state index contributed by atoms with van der Waals surface area (Å²) in [6.45, 7) is 6.88. The molecule has 110 valence electrons. The van der Waals surface area contributed by atoms with Crippen LogP contribution in [0.2, 0.25) is 0 Å². The molecule has 0 fully saturated rings. The zero-order chi connectivity index (χ0) is 14.5.